The van der Waals surface area contributed by atoms with E-state index in [1.807, 2.05) is 28.2 Å². The Morgan fingerprint density at radius 3 is 1.30 bits per heavy atom. The Morgan fingerprint density at radius 2 is 1.00 bits per heavy atom. The second kappa shape index (κ2) is 8.32. The Balaban J connectivity index is 2.27. The van der Waals surface area contributed by atoms with Gasteiger partial charge in [-0.25, -0.2) is 0 Å². The van der Waals surface area contributed by atoms with Gasteiger partial charge in [0.25, 0.3) is 0 Å². The molecule has 0 aliphatic heterocycles. The largest absolute Gasteiger partial charge is 0.354 e. The molecule has 7 heteroatoms. The third-order valence-corrected chi connectivity index (χ3v) is 6.88. The van der Waals surface area contributed by atoms with Gasteiger partial charge in [-0.15, -0.1) is 0 Å². The number of aromatic nitrogens is 1. The molecule has 0 amide bonds. The van der Waals surface area contributed by atoms with Crippen molar-refractivity contribution in [3.63, 3.8) is 0 Å². The van der Waals surface area contributed by atoms with Gasteiger partial charge < -0.3 is 4.98 Å². The lowest BCUT2D eigenvalue weighted by Crippen LogP contribution is -2.45. The van der Waals surface area contributed by atoms with E-state index in [0.717, 1.165) is 0 Å². The molecule has 2 aromatic carbocycles. The lowest BCUT2D eigenvalue weighted by Gasteiger charge is -2.30. The number of benzene rings is 2. The van der Waals surface area contributed by atoms with Crippen molar-refractivity contribution in [3.05, 3.63) is 68.0 Å². The van der Waals surface area contributed by atoms with Crippen LogP contribution < -0.4 is 10.9 Å². The van der Waals surface area contributed by atoms with E-state index >= 15 is 0 Å². The smallest absolute Gasteiger partial charge is 0.235 e. The van der Waals surface area contributed by atoms with E-state index in [0.29, 0.717) is 22.2 Å². The molecule has 3 aromatic rings. The fourth-order valence-corrected chi connectivity index (χ4v) is 3.47. The van der Waals surface area contributed by atoms with E-state index in [9.17, 15) is 19.2 Å². The van der Waals surface area contributed by atoms with E-state index in [1.165, 1.54) is 12.1 Å². The van der Waals surface area contributed by atoms with Gasteiger partial charge in [-0.2, -0.15) is 0 Å². The number of nitrogens with one attached hydrogen (secondary N) is 1. The van der Waals surface area contributed by atoms with Crippen molar-refractivity contribution in [1.29, 1.82) is 0 Å². The molecule has 0 radical (unpaired) electrons. The highest BCUT2D eigenvalue weighted by molar-refractivity contribution is 6.06. The van der Waals surface area contributed by atoms with Crippen LogP contribution >= 0.6 is 0 Å². The first kappa shape index (κ1) is 24.5. The first-order valence-electron chi connectivity index (χ1n) is 10.8. The first-order chi connectivity index (χ1) is 15.2. The molecule has 1 N–H and O–H groups in total. The topological polar surface area (TPSA) is 90.6 Å². The third kappa shape index (κ3) is 4.14. The predicted octanol–water partition coefficient (Wildman–Crippen LogP) is 3.09. The van der Waals surface area contributed by atoms with Crippen molar-refractivity contribution in [3.8, 4) is 0 Å². The number of Topliss-reactive ketones (excluding diaryl/α,β-unsaturated/α-hetero) is 2. The molecular formula is C26H31N3O4. The summed E-state index contributed by atoms with van der Waals surface area (Å²) in [6, 6.07) is 9.54. The summed E-state index contributed by atoms with van der Waals surface area (Å²) in [5, 5.41) is 0.274. The summed E-state index contributed by atoms with van der Waals surface area (Å²) in [7, 11) is 7.24. The van der Waals surface area contributed by atoms with Gasteiger partial charge in [-0.05, 0) is 92.3 Å². The van der Waals surface area contributed by atoms with Crippen molar-refractivity contribution in [2.75, 3.05) is 28.2 Å². The molecule has 0 aliphatic rings. The number of rotatable bonds is 6. The summed E-state index contributed by atoms with van der Waals surface area (Å²) in [6.45, 7) is 7.21. The number of carbonyl (C=O) groups excluding carboxylic acids is 2. The van der Waals surface area contributed by atoms with Gasteiger partial charge in [0.2, 0.25) is 10.9 Å². The van der Waals surface area contributed by atoms with E-state index in [4.69, 9.17) is 0 Å². The van der Waals surface area contributed by atoms with E-state index in [2.05, 4.69) is 4.98 Å². The van der Waals surface area contributed by atoms with Crippen molar-refractivity contribution in [1.82, 2.24) is 14.8 Å². The van der Waals surface area contributed by atoms with Crippen LogP contribution in [0.1, 0.15) is 48.4 Å². The summed E-state index contributed by atoms with van der Waals surface area (Å²) >= 11 is 0. The van der Waals surface area contributed by atoms with E-state index in [1.54, 1.807) is 61.8 Å². The van der Waals surface area contributed by atoms with E-state index in [-0.39, 0.29) is 22.3 Å². The van der Waals surface area contributed by atoms with Gasteiger partial charge in [0.05, 0.1) is 21.9 Å². The van der Waals surface area contributed by atoms with Crippen LogP contribution in [0.25, 0.3) is 21.8 Å². The zero-order valence-electron chi connectivity index (χ0n) is 20.5. The standard InChI is InChI=1S/C26H31N3O4/c1-25(2,28(5)6)23(32)15-9-11-19-17(13-15)21(30)22(31)18-14-16(10-12-20(18)27-19)24(33)26(3,4)29(7)8/h9-14,27H,1-8H3. The monoisotopic (exact) mass is 449 g/mol. The molecule has 0 spiro atoms. The zero-order chi connectivity index (χ0) is 24.9. The van der Waals surface area contributed by atoms with Crippen LogP contribution in [-0.4, -0.2) is 65.6 Å². The molecule has 0 aliphatic carbocycles. The Kier molecular flexibility index (Phi) is 6.17. The van der Waals surface area contributed by atoms with Gasteiger partial charge in [-0.1, -0.05) is 0 Å². The van der Waals surface area contributed by atoms with Crippen LogP contribution in [0.4, 0.5) is 0 Å². The molecule has 0 fully saturated rings. The molecule has 0 saturated carbocycles. The van der Waals surface area contributed by atoms with Crippen molar-refractivity contribution in [2.24, 2.45) is 0 Å². The van der Waals surface area contributed by atoms with Gasteiger partial charge in [0.1, 0.15) is 0 Å². The Morgan fingerprint density at radius 1 is 0.667 bits per heavy atom. The van der Waals surface area contributed by atoms with Gasteiger partial charge >= 0.3 is 0 Å². The van der Waals surface area contributed by atoms with Crippen LogP contribution in [-0.2, 0) is 0 Å². The number of carbonyl (C=O) groups is 2. The van der Waals surface area contributed by atoms with Gasteiger partial charge in [0.15, 0.2) is 11.6 Å². The quantitative estimate of drug-likeness (QED) is 0.459. The summed E-state index contributed by atoms with van der Waals surface area (Å²) < 4.78 is 0. The lowest BCUT2D eigenvalue weighted by atomic mass is 9.91. The minimum atomic E-state index is -0.781. The molecule has 0 unspecified atom stereocenters. The number of ketones is 2. The van der Waals surface area contributed by atoms with Crippen LogP contribution in [0.3, 0.4) is 0 Å². The van der Waals surface area contributed by atoms with Crippen LogP contribution in [0.2, 0.25) is 0 Å². The summed E-state index contributed by atoms with van der Waals surface area (Å²) in [4.78, 5) is 59.1. The molecule has 174 valence electrons. The van der Waals surface area contributed by atoms with Crippen molar-refractivity contribution in [2.45, 2.75) is 38.8 Å². The fraction of sp³-hybridized carbons (Fsp3) is 0.385. The highest BCUT2D eigenvalue weighted by atomic mass is 16.2. The number of nitrogens with zero attached hydrogens (tertiary/aromatic N) is 2. The lowest BCUT2D eigenvalue weighted by molar-refractivity contribution is 0.0750. The molecule has 0 atom stereocenters. The zero-order valence-corrected chi connectivity index (χ0v) is 20.5. The first-order valence-corrected chi connectivity index (χ1v) is 10.8. The number of likely N-dealkylation sites (N-methyl/N-ethyl adjacent to an activating group) is 2. The highest BCUT2D eigenvalue weighted by Crippen LogP contribution is 2.22. The second-order valence-corrected chi connectivity index (χ2v) is 9.87. The maximum atomic E-state index is 13.1. The number of hydrogen-bond acceptors (Lipinski definition) is 6. The highest BCUT2D eigenvalue weighted by Gasteiger charge is 2.32. The number of hydrogen-bond donors (Lipinski definition) is 1. The summed E-state index contributed by atoms with van der Waals surface area (Å²) in [5.41, 5.74) is -1.41. The maximum absolute atomic E-state index is 13.1. The summed E-state index contributed by atoms with van der Waals surface area (Å²) in [5.74, 6) is -0.313. The maximum Gasteiger partial charge on any atom is 0.235 e. The summed E-state index contributed by atoms with van der Waals surface area (Å²) in [6.07, 6.45) is 0. The van der Waals surface area contributed by atoms with Gasteiger partial charge in [-0.3, -0.25) is 29.0 Å². The Hall–Kier alpha value is -3.16. The molecule has 0 bridgehead atoms. The molecule has 3 rings (SSSR count). The molecule has 7 nitrogen and oxygen atoms in total. The van der Waals surface area contributed by atoms with Crippen LogP contribution in [0.15, 0.2) is 46.0 Å². The molecule has 0 saturated heterocycles. The van der Waals surface area contributed by atoms with Crippen LogP contribution in [0.5, 0.6) is 0 Å². The number of H-pyrrole nitrogens is 1. The van der Waals surface area contributed by atoms with Gasteiger partial charge in [0, 0.05) is 22.2 Å². The minimum Gasteiger partial charge on any atom is -0.354 e. The van der Waals surface area contributed by atoms with E-state index < -0.39 is 21.9 Å². The molecule has 33 heavy (non-hydrogen) atoms. The average Bonchev–Trinajstić information content (AvgIpc) is 2.86. The Bertz CT molecular complexity index is 1290. The van der Waals surface area contributed by atoms with Crippen molar-refractivity contribution >= 4 is 33.4 Å². The number of aromatic amines is 1. The molecule has 1 heterocycles. The number of fused-ring (bicyclic) bond motifs is 2. The average molecular weight is 450 g/mol. The second-order valence-electron chi connectivity index (χ2n) is 9.87. The third-order valence-electron chi connectivity index (χ3n) is 6.88. The fourth-order valence-electron chi connectivity index (χ4n) is 3.47. The SMILES string of the molecule is CN(C)C(C)(C)C(=O)c1ccc2[nH]c3ccc(C(=O)C(C)(C)N(C)C)cc3c(=O)c(=O)c2c1. The minimum absolute atomic E-state index is 0.137. The molecule has 1 aromatic heterocycles. The Labute approximate surface area is 193 Å². The predicted molar refractivity (Wildman–Crippen MR) is 133 cm³/mol. The van der Waals surface area contributed by atoms with Crippen molar-refractivity contribution < 1.29 is 9.59 Å². The van der Waals surface area contributed by atoms with Crippen LogP contribution in [0, 0.1) is 0 Å². The normalized spacial score (nSPS) is 12.7. The molecular weight excluding hydrogens is 418 g/mol.